The minimum absolute atomic E-state index is 0.712. The average Bonchev–Trinajstić information content (AvgIpc) is 2.47. The van der Waals surface area contributed by atoms with Crippen LogP contribution in [-0.2, 0) is 11.2 Å². The van der Waals surface area contributed by atoms with E-state index in [-0.39, 0.29) is 0 Å². The number of nitriles is 1. The fourth-order valence-corrected chi connectivity index (χ4v) is 1.43. The standard InChI is InChI=1S/C12H15ClN2.C2HF3O2/c13-7-1-8-15-9-6-11-2-4-12(10-14)5-3-11;3-2(4,5)1(6)7/h2-5,15H,1,6-9H2;(H,6,7). The summed E-state index contributed by atoms with van der Waals surface area (Å²) in [5.74, 6) is -2.04. The molecule has 8 heteroatoms. The van der Waals surface area contributed by atoms with Crippen molar-refractivity contribution in [1.82, 2.24) is 5.32 Å². The lowest BCUT2D eigenvalue weighted by atomic mass is 10.1. The molecule has 122 valence electrons. The lowest BCUT2D eigenvalue weighted by Gasteiger charge is -2.03. The second-order valence-corrected chi connectivity index (χ2v) is 4.53. The molecule has 0 aliphatic carbocycles. The van der Waals surface area contributed by atoms with Crippen LogP contribution < -0.4 is 5.32 Å². The highest BCUT2D eigenvalue weighted by molar-refractivity contribution is 6.17. The van der Waals surface area contributed by atoms with Crippen LogP contribution in [0.3, 0.4) is 0 Å². The Hall–Kier alpha value is -1.78. The van der Waals surface area contributed by atoms with Gasteiger partial charge >= 0.3 is 12.1 Å². The fourth-order valence-electron chi connectivity index (χ4n) is 1.30. The Kier molecular flexibility index (Phi) is 10.00. The molecule has 0 aliphatic heterocycles. The zero-order valence-electron chi connectivity index (χ0n) is 11.7. The number of nitrogens with one attached hydrogen (secondary N) is 1. The Morgan fingerprint density at radius 3 is 2.23 bits per heavy atom. The third kappa shape index (κ3) is 10.0. The van der Waals surface area contributed by atoms with Crippen LogP contribution in [0, 0.1) is 11.3 Å². The van der Waals surface area contributed by atoms with Gasteiger partial charge in [0.05, 0.1) is 11.6 Å². The minimum atomic E-state index is -5.08. The van der Waals surface area contributed by atoms with Crippen molar-refractivity contribution < 1.29 is 23.1 Å². The van der Waals surface area contributed by atoms with Crippen molar-refractivity contribution in [2.75, 3.05) is 19.0 Å². The van der Waals surface area contributed by atoms with Gasteiger partial charge in [0.15, 0.2) is 0 Å². The smallest absolute Gasteiger partial charge is 0.475 e. The quantitative estimate of drug-likeness (QED) is 0.619. The van der Waals surface area contributed by atoms with Crippen molar-refractivity contribution >= 4 is 17.6 Å². The zero-order chi connectivity index (χ0) is 17.0. The number of rotatable bonds is 6. The molecule has 1 rings (SSSR count). The molecule has 22 heavy (non-hydrogen) atoms. The summed E-state index contributed by atoms with van der Waals surface area (Å²) in [5, 5.41) is 19.1. The normalized spacial score (nSPS) is 10.3. The second-order valence-electron chi connectivity index (χ2n) is 4.15. The summed E-state index contributed by atoms with van der Waals surface area (Å²) in [6, 6.07) is 9.82. The molecule has 0 saturated carbocycles. The molecule has 0 spiro atoms. The highest BCUT2D eigenvalue weighted by Gasteiger charge is 2.38. The van der Waals surface area contributed by atoms with Gasteiger partial charge in [-0.25, -0.2) is 4.79 Å². The highest BCUT2D eigenvalue weighted by atomic mass is 35.5. The van der Waals surface area contributed by atoms with Crippen LogP contribution in [0.5, 0.6) is 0 Å². The first-order valence-electron chi connectivity index (χ1n) is 6.37. The van der Waals surface area contributed by atoms with Gasteiger partial charge in [0.1, 0.15) is 0 Å². The summed E-state index contributed by atoms with van der Waals surface area (Å²) >= 11 is 5.56. The van der Waals surface area contributed by atoms with E-state index in [2.05, 4.69) is 11.4 Å². The summed E-state index contributed by atoms with van der Waals surface area (Å²) in [6.07, 6.45) is -3.08. The molecule has 0 radical (unpaired) electrons. The van der Waals surface area contributed by atoms with Crippen LogP contribution >= 0.6 is 11.6 Å². The maximum absolute atomic E-state index is 10.6. The molecule has 0 aliphatic rings. The van der Waals surface area contributed by atoms with E-state index in [0.717, 1.165) is 25.9 Å². The number of carbonyl (C=O) groups is 1. The van der Waals surface area contributed by atoms with Crippen molar-refractivity contribution in [2.45, 2.75) is 19.0 Å². The number of hydrogen-bond acceptors (Lipinski definition) is 3. The highest BCUT2D eigenvalue weighted by Crippen LogP contribution is 2.13. The lowest BCUT2D eigenvalue weighted by Crippen LogP contribution is -2.21. The molecule has 2 N–H and O–H groups in total. The van der Waals surface area contributed by atoms with E-state index in [4.69, 9.17) is 26.8 Å². The third-order valence-electron chi connectivity index (χ3n) is 2.40. The van der Waals surface area contributed by atoms with E-state index >= 15 is 0 Å². The van der Waals surface area contributed by atoms with Crippen LogP contribution in [-0.4, -0.2) is 36.2 Å². The largest absolute Gasteiger partial charge is 0.490 e. The van der Waals surface area contributed by atoms with Gasteiger partial charge < -0.3 is 10.4 Å². The van der Waals surface area contributed by atoms with Crippen LogP contribution in [0.4, 0.5) is 13.2 Å². The number of carboxylic acid groups (broad SMARTS) is 1. The number of carboxylic acids is 1. The van der Waals surface area contributed by atoms with Crippen LogP contribution in [0.1, 0.15) is 17.5 Å². The minimum Gasteiger partial charge on any atom is -0.475 e. The van der Waals surface area contributed by atoms with E-state index in [1.54, 1.807) is 0 Å². The Labute approximate surface area is 131 Å². The van der Waals surface area contributed by atoms with Gasteiger partial charge in [0.25, 0.3) is 0 Å². The molecule has 4 nitrogen and oxygen atoms in total. The van der Waals surface area contributed by atoms with Gasteiger partial charge in [-0.2, -0.15) is 18.4 Å². The van der Waals surface area contributed by atoms with E-state index < -0.39 is 12.1 Å². The van der Waals surface area contributed by atoms with E-state index in [1.165, 1.54) is 5.56 Å². The lowest BCUT2D eigenvalue weighted by molar-refractivity contribution is -0.192. The van der Waals surface area contributed by atoms with E-state index in [9.17, 15) is 13.2 Å². The number of aliphatic carboxylic acids is 1. The predicted molar refractivity (Wildman–Crippen MR) is 76.8 cm³/mol. The topological polar surface area (TPSA) is 73.1 Å². The van der Waals surface area contributed by atoms with Crippen molar-refractivity contribution in [1.29, 1.82) is 5.26 Å². The van der Waals surface area contributed by atoms with Crippen LogP contribution in [0.15, 0.2) is 24.3 Å². The summed E-state index contributed by atoms with van der Waals surface area (Å²) in [4.78, 5) is 8.90. The first kappa shape index (κ1) is 20.2. The number of halogens is 4. The summed E-state index contributed by atoms with van der Waals surface area (Å²) in [7, 11) is 0. The molecular formula is C14H16ClF3N2O2. The number of benzene rings is 1. The predicted octanol–water partition coefficient (Wildman–Crippen LogP) is 2.95. The van der Waals surface area contributed by atoms with Gasteiger partial charge in [0, 0.05) is 5.88 Å². The molecule has 0 amide bonds. The second kappa shape index (κ2) is 10.9. The molecular weight excluding hydrogens is 321 g/mol. The number of nitrogens with zero attached hydrogens (tertiary/aromatic N) is 1. The van der Waals surface area contributed by atoms with E-state index in [1.807, 2.05) is 24.3 Å². The molecule has 0 aromatic heterocycles. The summed E-state index contributed by atoms with van der Waals surface area (Å²) < 4.78 is 31.7. The zero-order valence-corrected chi connectivity index (χ0v) is 12.4. The molecule has 0 bridgehead atoms. The van der Waals surface area contributed by atoms with Crippen LogP contribution in [0.2, 0.25) is 0 Å². The van der Waals surface area contributed by atoms with Gasteiger partial charge in [-0.15, -0.1) is 11.6 Å². The van der Waals surface area contributed by atoms with Gasteiger partial charge in [-0.1, -0.05) is 12.1 Å². The Morgan fingerprint density at radius 1 is 1.27 bits per heavy atom. The maximum atomic E-state index is 10.6. The number of alkyl halides is 4. The van der Waals surface area contributed by atoms with Gasteiger partial charge in [-0.05, 0) is 43.6 Å². The molecule has 1 aromatic carbocycles. The van der Waals surface area contributed by atoms with Crippen molar-refractivity contribution in [3.05, 3.63) is 35.4 Å². The van der Waals surface area contributed by atoms with E-state index in [0.29, 0.717) is 11.4 Å². The molecule has 0 atom stereocenters. The first-order chi connectivity index (χ1) is 10.3. The molecule has 0 heterocycles. The van der Waals surface area contributed by atoms with Crippen molar-refractivity contribution in [2.24, 2.45) is 0 Å². The Morgan fingerprint density at radius 2 is 1.82 bits per heavy atom. The van der Waals surface area contributed by atoms with Gasteiger partial charge in [-0.3, -0.25) is 0 Å². The third-order valence-corrected chi connectivity index (χ3v) is 2.67. The SMILES string of the molecule is N#Cc1ccc(CCNCCCCl)cc1.O=C(O)C(F)(F)F. The monoisotopic (exact) mass is 336 g/mol. The van der Waals surface area contributed by atoms with Crippen LogP contribution in [0.25, 0.3) is 0 Å². The fraction of sp³-hybridized carbons (Fsp3) is 0.429. The van der Waals surface area contributed by atoms with Crippen molar-refractivity contribution in [3.63, 3.8) is 0 Å². The van der Waals surface area contributed by atoms with Gasteiger partial charge in [0.2, 0.25) is 0 Å². The molecule has 0 saturated heterocycles. The molecule has 0 fully saturated rings. The number of hydrogen-bond donors (Lipinski definition) is 2. The first-order valence-corrected chi connectivity index (χ1v) is 6.90. The Bertz CT molecular complexity index is 484. The van der Waals surface area contributed by atoms with Crippen molar-refractivity contribution in [3.8, 4) is 6.07 Å². The summed E-state index contributed by atoms with van der Waals surface area (Å²) in [5.41, 5.74) is 1.97. The molecule has 0 unspecified atom stereocenters. The maximum Gasteiger partial charge on any atom is 0.490 e. The Balaban J connectivity index is 0.000000534. The molecule has 1 aromatic rings. The summed E-state index contributed by atoms with van der Waals surface area (Å²) in [6.45, 7) is 1.93. The average molecular weight is 337 g/mol.